The Kier molecular flexibility index (Phi) is 4.52. The van der Waals surface area contributed by atoms with Crippen molar-refractivity contribution in [1.29, 1.82) is 0 Å². The smallest absolute Gasteiger partial charge is 0.165 e. The van der Waals surface area contributed by atoms with E-state index >= 15 is 0 Å². The first kappa shape index (κ1) is 24.0. The van der Waals surface area contributed by atoms with Gasteiger partial charge >= 0.3 is 0 Å². The third kappa shape index (κ3) is 2.96. The number of para-hydroxylation sites is 3. The predicted octanol–water partition coefficient (Wildman–Crippen LogP) is 10.3. The minimum Gasteiger partial charge on any atom is -0.291 e. The molecular formula is C41H27N3. The summed E-state index contributed by atoms with van der Waals surface area (Å²) in [6.07, 6.45) is 0. The van der Waals surface area contributed by atoms with Gasteiger partial charge in [0.15, 0.2) is 5.82 Å². The maximum atomic E-state index is 5.31. The molecule has 0 saturated carbocycles. The van der Waals surface area contributed by atoms with Gasteiger partial charge in [0, 0.05) is 27.3 Å². The number of rotatable bonds is 1. The molecule has 1 aliphatic heterocycles. The van der Waals surface area contributed by atoms with E-state index in [1.165, 1.54) is 60.8 Å². The summed E-state index contributed by atoms with van der Waals surface area (Å²) in [6, 6.07) is 46.2. The highest BCUT2D eigenvalue weighted by molar-refractivity contribution is 6.21. The van der Waals surface area contributed by atoms with E-state index in [2.05, 4.69) is 134 Å². The van der Waals surface area contributed by atoms with Crippen molar-refractivity contribution < 1.29 is 0 Å². The van der Waals surface area contributed by atoms with E-state index < -0.39 is 0 Å². The van der Waals surface area contributed by atoms with Gasteiger partial charge in [-0.3, -0.25) is 4.57 Å². The molecule has 10 rings (SSSR count). The van der Waals surface area contributed by atoms with Crippen LogP contribution in [-0.2, 0) is 5.41 Å². The fourth-order valence-electron chi connectivity index (χ4n) is 7.91. The van der Waals surface area contributed by atoms with Crippen LogP contribution in [0.2, 0.25) is 0 Å². The molecule has 3 nitrogen and oxygen atoms in total. The fraction of sp³-hybridized carbons (Fsp3) is 0.0732. The standard InChI is InChI=1S/C41H27N3/c1-41(2)32-15-7-5-12-27(32)31-23-24(19-22-33(31)41)25-20-21-29-26-11-3-4-13-28(26)38-40(43-35-17-9-8-16-34(35)42-38)44-36-18-10-6-14-30(36)37(25)39(29)44/h3-23H,1-2H3. The van der Waals surface area contributed by atoms with Gasteiger partial charge in [0.05, 0.1) is 22.1 Å². The second-order valence-corrected chi connectivity index (χ2v) is 12.6. The highest BCUT2D eigenvalue weighted by Crippen LogP contribution is 2.52. The number of benzene rings is 6. The Bertz CT molecular complexity index is 2530. The Labute approximate surface area is 255 Å². The number of hydrogen-bond donors (Lipinski definition) is 0. The van der Waals surface area contributed by atoms with E-state index in [1.807, 2.05) is 12.1 Å². The SMILES string of the molecule is CC1(C)c2ccccc2-c2cc(-c3ccc4c5c3c3ccccc3n5-c3nc5ccccc5nc3-c3ccccc3-4)ccc21. The molecule has 8 aromatic rings. The summed E-state index contributed by atoms with van der Waals surface area (Å²) in [5.41, 5.74) is 16.4. The summed E-state index contributed by atoms with van der Waals surface area (Å²) in [5.74, 6) is 0.878. The van der Waals surface area contributed by atoms with Gasteiger partial charge in [0.25, 0.3) is 0 Å². The first-order valence-electron chi connectivity index (χ1n) is 15.3. The molecule has 44 heavy (non-hydrogen) atoms. The molecule has 0 saturated heterocycles. The van der Waals surface area contributed by atoms with Gasteiger partial charge in [-0.05, 0) is 63.2 Å². The van der Waals surface area contributed by atoms with Crippen LogP contribution in [0.4, 0.5) is 0 Å². The lowest BCUT2D eigenvalue weighted by Crippen LogP contribution is -2.14. The molecule has 0 amide bonds. The summed E-state index contributed by atoms with van der Waals surface area (Å²) in [7, 11) is 0. The Balaban J connectivity index is 1.35. The second-order valence-electron chi connectivity index (χ2n) is 12.6. The number of fused-ring (bicyclic) bond motifs is 12. The summed E-state index contributed by atoms with van der Waals surface area (Å²) < 4.78 is 2.37. The van der Waals surface area contributed by atoms with Gasteiger partial charge in [0.2, 0.25) is 0 Å². The zero-order chi connectivity index (χ0) is 29.2. The van der Waals surface area contributed by atoms with E-state index in [0.29, 0.717) is 0 Å². The van der Waals surface area contributed by atoms with Crippen molar-refractivity contribution in [1.82, 2.24) is 14.5 Å². The maximum absolute atomic E-state index is 5.31. The Hall–Kier alpha value is -5.54. The van der Waals surface area contributed by atoms with Crippen LogP contribution in [0.5, 0.6) is 0 Å². The highest BCUT2D eigenvalue weighted by Gasteiger charge is 2.35. The molecule has 2 aliphatic rings. The molecule has 0 bridgehead atoms. The minimum atomic E-state index is -0.0206. The molecule has 0 spiro atoms. The van der Waals surface area contributed by atoms with E-state index in [9.17, 15) is 0 Å². The molecule has 3 heterocycles. The van der Waals surface area contributed by atoms with Crippen molar-refractivity contribution in [3.63, 3.8) is 0 Å². The molecule has 1 aliphatic carbocycles. The average molecular weight is 562 g/mol. The third-order valence-electron chi connectivity index (χ3n) is 9.95. The van der Waals surface area contributed by atoms with Gasteiger partial charge in [-0.25, -0.2) is 9.97 Å². The quantitative estimate of drug-likeness (QED) is 0.200. The van der Waals surface area contributed by atoms with Crippen LogP contribution in [0.15, 0.2) is 127 Å². The van der Waals surface area contributed by atoms with Gasteiger partial charge in [-0.2, -0.15) is 0 Å². The minimum absolute atomic E-state index is 0.0206. The largest absolute Gasteiger partial charge is 0.291 e. The Morgan fingerprint density at radius 3 is 2.05 bits per heavy atom. The highest BCUT2D eigenvalue weighted by atomic mass is 15.1. The molecular weight excluding hydrogens is 534 g/mol. The number of aromatic nitrogens is 3. The predicted molar refractivity (Wildman–Crippen MR) is 181 cm³/mol. The van der Waals surface area contributed by atoms with Crippen LogP contribution in [0.3, 0.4) is 0 Å². The molecule has 0 atom stereocenters. The van der Waals surface area contributed by atoms with Crippen LogP contribution < -0.4 is 0 Å². The van der Waals surface area contributed by atoms with Crippen molar-refractivity contribution in [2.45, 2.75) is 19.3 Å². The Morgan fingerprint density at radius 1 is 0.523 bits per heavy atom. The van der Waals surface area contributed by atoms with Crippen molar-refractivity contribution >= 4 is 32.8 Å². The average Bonchev–Trinajstić information content (AvgIpc) is 3.48. The van der Waals surface area contributed by atoms with E-state index in [-0.39, 0.29) is 5.41 Å². The Morgan fingerprint density at radius 2 is 1.18 bits per heavy atom. The van der Waals surface area contributed by atoms with E-state index in [0.717, 1.165) is 33.6 Å². The first-order valence-corrected chi connectivity index (χ1v) is 15.3. The van der Waals surface area contributed by atoms with Crippen molar-refractivity contribution in [2.24, 2.45) is 0 Å². The summed E-state index contributed by atoms with van der Waals surface area (Å²) in [4.78, 5) is 10.6. The molecule has 3 heteroatoms. The van der Waals surface area contributed by atoms with Crippen molar-refractivity contribution in [2.75, 3.05) is 0 Å². The molecule has 2 aromatic heterocycles. The van der Waals surface area contributed by atoms with E-state index in [4.69, 9.17) is 9.97 Å². The molecule has 206 valence electrons. The van der Waals surface area contributed by atoms with Crippen molar-refractivity contribution in [3.05, 3.63) is 139 Å². The van der Waals surface area contributed by atoms with Gasteiger partial charge in [-0.1, -0.05) is 117 Å². The third-order valence-corrected chi connectivity index (χ3v) is 9.95. The van der Waals surface area contributed by atoms with Crippen LogP contribution >= 0.6 is 0 Å². The number of nitrogens with zero attached hydrogens (tertiary/aromatic N) is 3. The summed E-state index contributed by atoms with van der Waals surface area (Å²) in [6.45, 7) is 4.68. The lowest BCUT2D eigenvalue weighted by Gasteiger charge is -2.21. The number of hydrogen-bond acceptors (Lipinski definition) is 2. The molecule has 0 fully saturated rings. The van der Waals surface area contributed by atoms with Crippen molar-refractivity contribution in [3.8, 4) is 50.5 Å². The van der Waals surface area contributed by atoms with Crippen LogP contribution in [-0.4, -0.2) is 14.5 Å². The molecule has 0 unspecified atom stereocenters. The molecule has 6 aromatic carbocycles. The van der Waals surface area contributed by atoms with Crippen LogP contribution in [0.25, 0.3) is 83.3 Å². The summed E-state index contributed by atoms with van der Waals surface area (Å²) in [5, 5.41) is 2.47. The maximum Gasteiger partial charge on any atom is 0.165 e. The van der Waals surface area contributed by atoms with Crippen LogP contribution in [0, 0.1) is 0 Å². The second kappa shape index (κ2) is 8.30. The monoisotopic (exact) mass is 561 g/mol. The molecule has 0 radical (unpaired) electrons. The van der Waals surface area contributed by atoms with Crippen LogP contribution in [0.1, 0.15) is 25.0 Å². The lowest BCUT2D eigenvalue weighted by atomic mass is 9.82. The molecule has 0 N–H and O–H groups in total. The van der Waals surface area contributed by atoms with E-state index in [1.54, 1.807) is 0 Å². The normalized spacial score (nSPS) is 13.9. The first-order chi connectivity index (χ1) is 21.6. The fourth-order valence-corrected chi connectivity index (χ4v) is 7.91. The van der Waals surface area contributed by atoms with Gasteiger partial charge in [0.1, 0.15) is 5.69 Å². The van der Waals surface area contributed by atoms with Gasteiger partial charge in [-0.15, -0.1) is 0 Å². The van der Waals surface area contributed by atoms with Gasteiger partial charge < -0.3 is 0 Å². The summed E-state index contributed by atoms with van der Waals surface area (Å²) >= 11 is 0. The topological polar surface area (TPSA) is 30.7 Å². The zero-order valence-corrected chi connectivity index (χ0v) is 24.5. The zero-order valence-electron chi connectivity index (χ0n) is 24.5. The lowest BCUT2D eigenvalue weighted by molar-refractivity contribution is 0.660.